The van der Waals surface area contributed by atoms with Crippen molar-refractivity contribution in [2.75, 3.05) is 0 Å². The fourth-order valence-corrected chi connectivity index (χ4v) is 0.574. The Morgan fingerprint density at radius 2 is 1.09 bits per heavy atom. The van der Waals surface area contributed by atoms with Crippen LogP contribution >= 0.6 is 0 Å². The Morgan fingerprint density at radius 3 is 1.27 bits per heavy atom. The van der Waals surface area contributed by atoms with E-state index in [1.54, 1.807) is 0 Å². The summed E-state index contributed by atoms with van der Waals surface area (Å²) in [6.45, 7) is 0. The zero-order valence-electron chi connectivity index (χ0n) is 5.47. The highest BCUT2D eigenvalue weighted by Gasteiger charge is 1.90. The molecule has 5 nitrogen and oxygen atoms in total. The SMILES string of the molecule is O=Nc1ccc(N=O)cc1.[OH]. The lowest BCUT2D eigenvalue weighted by Gasteiger charge is -1.86. The summed E-state index contributed by atoms with van der Waals surface area (Å²) in [5, 5.41) is 5.30. The first-order chi connectivity index (χ1) is 4.86. The summed E-state index contributed by atoms with van der Waals surface area (Å²) < 4.78 is 0. The zero-order valence-corrected chi connectivity index (χ0v) is 5.47. The van der Waals surface area contributed by atoms with Gasteiger partial charge in [-0.3, -0.25) is 5.48 Å². The third-order valence-electron chi connectivity index (χ3n) is 1.06. The third-order valence-corrected chi connectivity index (χ3v) is 1.06. The first-order valence-corrected chi connectivity index (χ1v) is 2.63. The molecule has 0 bridgehead atoms. The second-order valence-electron chi connectivity index (χ2n) is 1.70. The maximum Gasteiger partial charge on any atom is 0.108 e. The minimum absolute atomic E-state index is 0. The van der Waals surface area contributed by atoms with Crippen LogP contribution in [-0.4, -0.2) is 5.48 Å². The summed E-state index contributed by atoms with van der Waals surface area (Å²) >= 11 is 0. The van der Waals surface area contributed by atoms with E-state index in [9.17, 15) is 9.81 Å². The maximum atomic E-state index is 9.85. The minimum atomic E-state index is 0. The summed E-state index contributed by atoms with van der Waals surface area (Å²) in [5.74, 6) is 0. The molecule has 0 aliphatic carbocycles. The van der Waals surface area contributed by atoms with E-state index < -0.39 is 0 Å². The normalized spacial score (nSPS) is 8.00. The van der Waals surface area contributed by atoms with Crippen LogP contribution in [0.3, 0.4) is 0 Å². The van der Waals surface area contributed by atoms with Gasteiger partial charge in [0.1, 0.15) is 11.4 Å². The largest absolute Gasteiger partial charge is 0.255 e. The number of hydrogen-bond acceptors (Lipinski definition) is 4. The average molecular weight is 153 g/mol. The smallest absolute Gasteiger partial charge is 0.108 e. The first kappa shape index (κ1) is 9.38. The molecule has 0 aromatic heterocycles. The van der Waals surface area contributed by atoms with Crippen LogP contribution in [0.1, 0.15) is 0 Å². The van der Waals surface area contributed by atoms with E-state index in [4.69, 9.17) is 0 Å². The zero-order chi connectivity index (χ0) is 7.40. The van der Waals surface area contributed by atoms with E-state index in [1.807, 2.05) is 0 Å². The van der Waals surface area contributed by atoms with Gasteiger partial charge in [-0.2, -0.15) is 0 Å². The Bertz CT molecular complexity index is 218. The summed E-state index contributed by atoms with van der Waals surface area (Å²) in [6, 6.07) is 5.74. The van der Waals surface area contributed by atoms with Crippen LogP contribution in [0.5, 0.6) is 0 Å². The molecule has 1 N–H and O–H groups in total. The van der Waals surface area contributed by atoms with E-state index in [0.29, 0.717) is 11.4 Å². The molecule has 5 heteroatoms. The fourth-order valence-electron chi connectivity index (χ4n) is 0.574. The van der Waals surface area contributed by atoms with Crippen molar-refractivity contribution in [3.8, 4) is 0 Å². The third kappa shape index (κ3) is 2.23. The van der Waals surface area contributed by atoms with Crippen molar-refractivity contribution in [3.63, 3.8) is 0 Å². The monoisotopic (exact) mass is 153 g/mol. The van der Waals surface area contributed by atoms with Gasteiger partial charge in [-0.05, 0) is 34.6 Å². The molecule has 1 aromatic carbocycles. The molecule has 0 amide bonds. The van der Waals surface area contributed by atoms with Crippen molar-refractivity contribution in [2.45, 2.75) is 0 Å². The van der Waals surface area contributed by atoms with E-state index in [0.717, 1.165) is 0 Å². The van der Waals surface area contributed by atoms with Crippen LogP contribution in [0.25, 0.3) is 0 Å². The Balaban J connectivity index is 0.000001000. The van der Waals surface area contributed by atoms with Crippen LogP contribution in [0.4, 0.5) is 11.4 Å². The van der Waals surface area contributed by atoms with Crippen LogP contribution in [-0.2, 0) is 0 Å². The molecule has 0 aliphatic heterocycles. The first-order valence-electron chi connectivity index (χ1n) is 2.63. The molecule has 1 rings (SSSR count). The maximum absolute atomic E-state index is 9.85. The highest BCUT2D eigenvalue weighted by Crippen LogP contribution is 2.17. The highest BCUT2D eigenvalue weighted by molar-refractivity contribution is 5.46. The number of nitroso groups, excluding NO2 is 2. The lowest BCUT2D eigenvalue weighted by molar-refractivity contribution is 0.824. The van der Waals surface area contributed by atoms with Gasteiger partial charge < -0.3 is 0 Å². The van der Waals surface area contributed by atoms with Crippen LogP contribution in [0, 0.1) is 9.81 Å². The predicted octanol–water partition coefficient (Wildman–Crippen LogP) is 2.31. The summed E-state index contributed by atoms with van der Waals surface area (Å²) in [7, 11) is 0. The van der Waals surface area contributed by atoms with E-state index in [2.05, 4.69) is 10.4 Å². The van der Waals surface area contributed by atoms with Gasteiger partial charge in [0.25, 0.3) is 0 Å². The average Bonchev–Trinajstić information content (AvgIpc) is 2.05. The van der Waals surface area contributed by atoms with Gasteiger partial charge in [-0.1, -0.05) is 0 Å². The fraction of sp³-hybridized carbons (Fsp3) is 0. The predicted molar refractivity (Wildman–Crippen MR) is 39.3 cm³/mol. The van der Waals surface area contributed by atoms with Crippen molar-refractivity contribution in [1.29, 1.82) is 0 Å². The minimum Gasteiger partial charge on any atom is -0.255 e. The molecule has 0 saturated heterocycles. The molecule has 11 heavy (non-hydrogen) atoms. The van der Waals surface area contributed by atoms with Crippen molar-refractivity contribution >= 4 is 11.4 Å². The molecule has 1 radical (unpaired) electrons. The Hall–Kier alpha value is -1.62. The second-order valence-corrected chi connectivity index (χ2v) is 1.70. The lowest BCUT2D eigenvalue weighted by atomic mass is 10.3. The molecule has 0 fully saturated rings. The number of benzene rings is 1. The standard InChI is InChI=1S/C6H4N2O2.HO/c9-7-5-1-2-6(8-10)4-3-5;/h1-4H;1H. The van der Waals surface area contributed by atoms with E-state index in [1.165, 1.54) is 24.3 Å². The van der Waals surface area contributed by atoms with Gasteiger partial charge in [0, 0.05) is 0 Å². The van der Waals surface area contributed by atoms with Crippen molar-refractivity contribution in [2.24, 2.45) is 10.4 Å². The summed E-state index contributed by atoms with van der Waals surface area (Å²) in [5.41, 5.74) is 0.597. The van der Waals surface area contributed by atoms with Crippen molar-refractivity contribution in [3.05, 3.63) is 34.1 Å². The second kappa shape index (κ2) is 4.24. The number of rotatable bonds is 2. The molecular weight excluding hydrogens is 148 g/mol. The summed E-state index contributed by atoms with van der Waals surface area (Å²) in [6.07, 6.45) is 0. The van der Waals surface area contributed by atoms with Gasteiger partial charge in [0.15, 0.2) is 0 Å². The van der Waals surface area contributed by atoms with Gasteiger partial charge in [0.05, 0.1) is 0 Å². The molecule has 57 valence electrons. The Kier molecular flexibility index (Phi) is 3.61. The van der Waals surface area contributed by atoms with Gasteiger partial charge in [-0.25, -0.2) is 0 Å². The Morgan fingerprint density at radius 1 is 0.818 bits per heavy atom. The molecule has 1 aromatic rings. The molecule has 0 aliphatic rings. The van der Waals surface area contributed by atoms with E-state index in [-0.39, 0.29) is 5.48 Å². The van der Waals surface area contributed by atoms with Crippen LogP contribution in [0.2, 0.25) is 0 Å². The molecule has 0 unspecified atom stereocenters. The highest BCUT2D eigenvalue weighted by atomic mass is 16.3. The van der Waals surface area contributed by atoms with Gasteiger partial charge in [0.2, 0.25) is 0 Å². The van der Waals surface area contributed by atoms with Crippen LogP contribution in [0.15, 0.2) is 34.6 Å². The summed E-state index contributed by atoms with van der Waals surface area (Å²) in [4.78, 5) is 19.7. The Labute approximate surface area is 62.3 Å². The van der Waals surface area contributed by atoms with E-state index >= 15 is 0 Å². The van der Waals surface area contributed by atoms with Gasteiger partial charge >= 0.3 is 0 Å². The molecule has 0 saturated carbocycles. The topological polar surface area (TPSA) is 88.9 Å². The quantitative estimate of drug-likeness (QED) is 0.660. The molecule has 0 atom stereocenters. The molecule has 0 heterocycles. The lowest BCUT2D eigenvalue weighted by Crippen LogP contribution is -1.61. The van der Waals surface area contributed by atoms with Crippen molar-refractivity contribution < 1.29 is 5.48 Å². The number of hydrogen-bond donors (Lipinski definition) is 1. The molecular formula is C6H5N2O3. The molecule has 0 spiro atoms. The van der Waals surface area contributed by atoms with Gasteiger partial charge in [-0.15, -0.1) is 9.81 Å². The van der Waals surface area contributed by atoms with Crippen LogP contribution < -0.4 is 0 Å². The number of nitrogens with zero attached hydrogens (tertiary/aromatic N) is 2. The van der Waals surface area contributed by atoms with Crippen molar-refractivity contribution in [1.82, 2.24) is 0 Å².